The summed E-state index contributed by atoms with van der Waals surface area (Å²) in [5.41, 5.74) is 0.593. The Bertz CT molecular complexity index is 519. The van der Waals surface area contributed by atoms with Crippen LogP contribution in [0.15, 0.2) is 28.7 Å². The molecule has 5 nitrogen and oxygen atoms in total. The average molecular weight is 368 g/mol. The van der Waals surface area contributed by atoms with Crippen LogP contribution in [0.3, 0.4) is 0 Å². The molecule has 2 unspecified atom stereocenters. The van der Waals surface area contributed by atoms with Crippen molar-refractivity contribution in [2.45, 2.75) is 25.8 Å². The van der Waals surface area contributed by atoms with Gasteiger partial charge in [0.05, 0.1) is 0 Å². The van der Waals surface area contributed by atoms with Crippen molar-refractivity contribution >= 4 is 27.7 Å². The number of rotatable bonds is 5. The number of halogens is 1. The van der Waals surface area contributed by atoms with Gasteiger partial charge in [-0.15, -0.1) is 0 Å². The van der Waals surface area contributed by atoms with Crippen molar-refractivity contribution in [2.75, 3.05) is 19.6 Å². The fraction of sp³-hybridized carbons (Fsp3) is 0.500. The van der Waals surface area contributed by atoms with E-state index in [1.807, 2.05) is 12.1 Å². The standard InChI is InChI=1S/C16H22BrN3O2/c1-11-10-18-8-6-14(11)20-15(21)7-9-19-16(22)12-2-4-13(17)5-3-12/h2-5,11,14,18H,6-10H2,1H3,(H,19,22)(H,20,21). The highest BCUT2D eigenvalue weighted by Crippen LogP contribution is 2.11. The van der Waals surface area contributed by atoms with Crippen LogP contribution in [0.25, 0.3) is 0 Å². The van der Waals surface area contributed by atoms with E-state index in [-0.39, 0.29) is 17.9 Å². The van der Waals surface area contributed by atoms with Gasteiger partial charge in [0.1, 0.15) is 0 Å². The highest BCUT2D eigenvalue weighted by atomic mass is 79.9. The normalized spacial score (nSPS) is 21.2. The van der Waals surface area contributed by atoms with Crippen molar-refractivity contribution in [3.63, 3.8) is 0 Å². The lowest BCUT2D eigenvalue weighted by Gasteiger charge is -2.30. The summed E-state index contributed by atoms with van der Waals surface area (Å²) in [4.78, 5) is 23.8. The molecule has 1 aliphatic heterocycles. The van der Waals surface area contributed by atoms with Crippen molar-refractivity contribution in [3.05, 3.63) is 34.3 Å². The van der Waals surface area contributed by atoms with Gasteiger partial charge in [-0.3, -0.25) is 9.59 Å². The average Bonchev–Trinajstić information content (AvgIpc) is 2.50. The lowest BCUT2D eigenvalue weighted by molar-refractivity contribution is -0.122. The molecule has 0 spiro atoms. The Morgan fingerprint density at radius 3 is 2.73 bits per heavy atom. The number of nitrogens with one attached hydrogen (secondary N) is 3. The summed E-state index contributed by atoms with van der Waals surface area (Å²) in [5.74, 6) is 0.278. The first-order valence-electron chi connectivity index (χ1n) is 7.60. The smallest absolute Gasteiger partial charge is 0.251 e. The third-order valence-corrected chi connectivity index (χ3v) is 4.40. The molecule has 0 radical (unpaired) electrons. The highest BCUT2D eigenvalue weighted by Gasteiger charge is 2.22. The van der Waals surface area contributed by atoms with Gasteiger partial charge in [0.15, 0.2) is 0 Å². The van der Waals surface area contributed by atoms with Crippen LogP contribution in [0.2, 0.25) is 0 Å². The largest absolute Gasteiger partial charge is 0.353 e. The molecule has 22 heavy (non-hydrogen) atoms. The van der Waals surface area contributed by atoms with E-state index >= 15 is 0 Å². The van der Waals surface area contributed by atoms with E-state index in [0.29, 0.717) is 24.4 Å². The lowest BCUT2D eigenvalue weighted by Crippen LogP contribution is -2.48. The SMILES string of the molecule is CC1CNCCC1NC(=O)CCNC(=O)c1ccc(Br)cc1. The molecule has 0 bridgehead atoms. The summed E-state index contributed by atoms with van der Waals surface area (Å²) in [6.45, 7) is 4.35. The summed E-state index contributed by atoms with van der Waals surface area (Å²) in [5, 5.41) is 9.13. The predicted octanol–water partition coefficient (Wildman–Crippen LogP) is 1.68. The van der Waals surface area contributed by atoms with Gasteiger partial charge < -0.3 is 16.0 Å². The summed E-state index contributed by atoms with van der Waals surface area (Å²) in [7, 11) is 0. The molecule has 1 heterocycles. The monoisotopic (exact) mass is 367 g/mol. The van der Waals surface area contributed by atoms with Crippen LogP contribution in [0.1, 0.15) is 30.1 Å². The number of hydrogen-bond donors (Lipinski definition) is 3. The quantitative estimate of drug-likeness (QED) is 0.741. The minimum Gasteiger partial charge on any atom is -0.353 e. The van der Waals surface area contributed by atoms with Crippen LogP contribution >= 0.6 is 15.9 Å². The molecule has 3 N–H and O–H groups in total. The minimum absolute atomic E-state index is 0.00476. The fourth-order valence-corrected chi connectivity index (χ4v) is 2.76. The zero-order chi connectivity index (χ0) is 15.9. The minimum atomic E-state index is -0.157. The molecule has 2 amide bonds. The number of benzene rings is 1. The lowest BCUT2D eigenvalue weighted by atomic mass is 9.95. The molecule has 0 aromatic heterocycles. The molecule has 120 valence electrons. The van der Waals surface area contributed by atoms with Gasteiger partial charge in [-0.2, -0.15) is 0 Å². The zero-order valence-corrected chi connectivity index (χ0v) is 14.3. The third-order valence-electron chi connectivity index (χ3n) is 3.88. The molecule has 1 aliphatic rings. The zero-order valence-electron chi connectivity index (χ0n) is 12.7. The van der Waals surface area contributed by atoms with E-state index in [0.717, 1.165) is 24.0 Å². The van der Waals surface area contributed by atoms with Crippen LogP contribution in [0, 0.1) is 5.92 Å². The molecular formula is C16H22BrN3O2. The van der Waals surface area contributed by atoms with Crippen molar-refractivity contribution in [1.29, 1.82) is 0 Å². The van der Waals surface area contributed by atoms with E-state index in [9.17, 15) is 9.59 Å². The second kappa shape index (κ2) is 8.29. The fourth-order valence-electron chi connectivity index (χ4n) is 2.50. The van der Waals surface area contributed by atoms with Crippen molar-refractivity contribution in [1.82, 2.24) is 16.0 Å². The van der Waals surface area contributed by atoms with Gasteiger partial charge in [-0.25, -0.2) is 0 Å². The molecule has 2 atom stereocenters. The first-order chi connectivity index (χ1) is 10.6. The summed E-state index contributed by atoms with van der Waals surface area (Å²) in [6.07, 6.45) is 1.26. The van der Waals surface area contributed by atoms with E-state index in [1.165, 1.54) is 0 Å². The molecule has 1 aromatic carbocycles. The number of piperidine rings is 1. The maximum atomic E-state index is 11.9. The van der Waals surface area contributed by atoms with E-state index in [4.69, 9.17) is 0 Å². The van der Waals surface area contributed by atoms with Gasteiger partial charge >= 0.3 is 0 Å². The molecule has 6 heteroatoms. The van der Waals surface area contributed by atoms with Crippen LogP contribution in [0.4, 0.5) is 0 Å². The molecule has 0 aliphatic carbocycles. The van der Waals surface area contributed by atoms with Gasteiger partial charge in [-0.1, -0.05) is 22.9 Å². The van der Waals surface area contributed by atoms with Crippen LogP contribution in [0.5, 0.6) is 0 Å². The highest BCUT2D eigenvalue weighted by molar-refractivity contribution is 9.10. The van der Waals surface area contributed by atoms with Gasteiger partial charge in [0.2, 0.25) is 5.91 Å². The molecule has 1 fully saturated rings. The number of hydrogen-bond acceptors (Lipinski definition) is 3. The second-order valence-electron chi connectivity index (χ2n) is 5.66. The van der Waals surface area contributed by atoms with Crippen molar-refractivity contribution in [2.24, 2.45) is 5.92 Å². The Morgan fingerprint density at radius 1 is 1.32 bits per heavy atom. The van der Waals surface area contributed by atoms with Crippen molar-refractivity contribution < 1.29 is 9.59 Å². The van der Waals surface area contributed by atoms with Gasteiger partial charge in [0.25, 0.3) is 5.91 Å². The Labute approximate surface area is 139 Å². The number of carbonyl (C=O) groups is 2. The molecule has 2 rings (SSSR count). The summed E-state index contributed by atoms with van der Waals surface area (Å²) in [6, 6.07) is 7.36. The number of carbonyl (C=O) groups excluding carboxylic acids is 2. The topological polar surface area (TPSA) is 70.2 Å². The molecule has 1 aromatic rings. The van der Waals surface area contributed by atoms with Gasteiger partial charge in [0, 0.05) is 29.0 Å². The van der Waals surface area contributed by atoms with Gasteiger partial charge in [-0.05, 0) is 49.7 Å². The Kier molecular flexibility index (Phi) is 6.39. The first kappa shape index (κ1) is 17.0. The molecular weight excluding hydrogens is 346 g/mol. The molecule has 0 saturated carbocycles. The summed E-state index contributed by atoms with van der Waals surface area (Å²) < 4.78 is 0.930. The van der Waals surface area contributed by atoms with E-state index < -0.39 is 0 Å². The Morgan fingerprint density at radius 2 is 2.05 bits per heavy atom. The Balaban J connectivity index is 1.70. The maximum absolute atomic E-state index is 11.9. The molecule has 1 saturated heterocycles. The van der Waals surface area contributed by atoms with Crippen LogP contribution in [-0.4, -0.2) is 37.5 Å². The van der Waals surface area contributed by atoms with E-state index in [2.05, 4.69) is 38.8 Å². The van der Waals surface area contributed by atoms with Crippen LogP contribution < -0.4 is 16.0 Å². The number of amides is 2. The maximum Gasteiger partial charge on any atom is 0.251 e. The third kappa shape index (κ3) is 5.10. The second-order valence-corrected chi connectivity index (χ2v) is 6.57. The predicted molar refractivity (Wildman–Crippen MR) is 89.7 cm³/mol. The van der Waals surface area contributed by atoms with Crippen molar-refractivity contribution in [3.8, 4) is 0 Å². The summed E-state index contributed by atoms with van der Waals surface area (Å²) >= 11 is 3.33. The van der Waals surface area contributed by atoms with E-state index in [1.54, 1.807) is 12.1 Å². The Hall–Kier alpha value is -1.40. The van der Waals surface area contributed by atoms with Crippen LogP contribution in [-0.2, 0) is 4.79 Å². The first-order valence-corrected chi connectivity index (χ1v) is 8.39.